The first-order valence-corrected chi connectivity index (χ1v) is 10.4. The van der Waals surface area contributed by atoms with Gasteiger partial charge in [0.15, 0.2) is 18.1 Å². The predicted molar refractivity (Wildman–Crippen MR) is 116 cm³/mol. The number of aryl methyl sites for hydroxylation is 2. The fourth-order valence-electron chi connectivity index (χ4n) is 3.55. The molecule has 0 radical (unpaired) electrons. The molecular formula is C24H30N2O4. The van der Waals surface area contributed by atoms with Crippen LogP contribution in [0.4, 0.5) is 0 Å². The molecule has 2 aromatic rings. The van der Waals surface area contributed by atoms with Gasteiger partial charge in [-0.25, -0.2) is 0 Å². The Bertz CT molecular complexity index is 851. The van der Waals surface area contributed by atoms with Crippen molar-refractivity contribution in [2.45, 2.75) is 26.2 Å². The van der Waals surface area contributed by atoms with E-state index in [1.54, 1.807) is 24.1 Å². The fraction of sp³-hybridized carbons (Fsp3) is 0.417. The van der Waals surface area contributed by atoms with Crippen LogP contribution < -0.4 is 9.47 Å². The van der Waals surface area contributed by atoms with E-state index in [0.717, 1.165) is 12.8 Å². The number of hydrogen-bond acceptors (Lipinski definition) is 4. The Morgan fingerprint density at radius 1 is 0.867 bits per heavy atom. The van der Waals surface area contributed by atoms with Gasteiger partial charge in [-0.05, 0) is 37.5 Å². The van der Waals surface area contributed by atoms with Crippen LogP contribution in [0, 0.1) is 6.92 Å². The molecule has 0 atom stereocenters. The lowest BCUT2D eigenvalue weighted by Gasteiger charge is -2.22. The van der Waals surface area contributed by atoms with Crippen LogP contribution in [-0.2, 0) is 16.0 Å². The lowest BCUT2D eigenvalue weighted by atomic mass is 10.1. The maximum absolute atomic E-state index is 12.6. The summed E-state index contributed by atoms with van der Waals surface area (Å²) in [6, 6.07) is 15.6. The molecule has 0 bridgehead atoms. The minimum atomic E-state index is -0.0742. The monoisotopic (exact) mass is 410 g/mol. The standard InChI is InChI=1S/C24H30N2O4/c1-19-8-10-20(11-9-19)12-13-23(27)25-14-5-15-26(17-16-25)24(28)18-30-22-7-4-3-6-21(22)29-2/h3-4,6-11H,5,12-18H2,1-2H3. The number of carbonyl (C=O) groups is 2. The lowest BCUT2D eigenvalue weighted by molar-refractivity contribution is -0.134. The molecule has 2 aromatic carbocycles. The number of ether oxygens (including phenoxy) is 2. The molecular weight excluding hydrogens is 380 g/mol. The van der Waals surface area contributed by atoms with Crippen LogP contribution in [0.5, 0.6) is 11.5 Å². The van der Waals surface area contributed by atoms with E-state index in [0.29, 0.717) is 44.1 Å². The van der Waals surface area contributed by atoms with Gasteiger partial charge in [-0.15, -0.1) is 0 Å². The second kappa shape index (κ2) is 10.7. The summed E-state index contributed by atoms with van der Waals surface area (Å²) in [6.45, 7) is 4.43. The number of nitrogens with zero attached hydrogens (tertiary/aromatic N) is 2. The second-order valence-electron chi connectivity index (χ2n) is 7.54. The Hall–Kier alpha value is -3.02. The Kier molecular flexibility index (Phi) is 7.71. The summed E-state index contributed by atoms with van der Waals surface area (Å²) in [4.78, 5) is 28.9. The molecule has 160 valence electrons. The minimum Gasteiger partial charge on any atom is -0.493 e. The van der Waals surface area contributed by atoms with E-state index in [9.17, 15) is 9.59 Å². The summed E-state index contributed by atoms with van der Waals surface area (Å²) in [7, 11) is 1.57. The van der Waals surface area contributed by atoms with Crippen LogP contribution in [0.3, 0.4) is 0 Å². The number of benzene rings is 2. The smallest absolute Gasteiger partial charge is 0.260 e. The van der Waals surface area contributed by atoms with E-state index in [4.69, 9.17) is 9.47 Å². The highest BCUT2D eigenvalue weighted by Gasteiger charge is 2.22. The van der Waals surface area contributed by atoms with Gasteiger partial charge < -0.3 is 19.3 Å². The van der Waals surface area contributed by atoms with E-state index in [2.05, 4.69) is 31.2 Å². The topological polar surface area (TPSA) is 59.1 Å². The summed E-state index contributed by atoms with van der Waals surface area (Å²) in [5, 5.41) is 0. The normalized spacial score (nSPS) is 14.2. The average Bonchev–Trinajstić information content (AvgIpc) is 3.03. The third-order valence-corrected chi connectivity index (χ3v) is 5.37. The number of methoxy groups -OCH3 is 1. The van der Waals surface area contributed by atoms with E-state index >= 15 is 0 Å². The Morgan fingerprint density at radius 3 is 2.17 bits per heavy atom. The Balaban J connectivity index is 1.46. The fourth-order valence-corrected chi connectivity index (χ4v) is 3.55. The maximum atomic E-state index is 12.6. The van der Waals surface area contributed by atoms with Crippen LogP contribution in [-0.4, -0.2) is 61.5 Å². The van der Waals surface area contributed by atoms with E-state index in [-0.39, 0.29) is 18.4 Å². The van der Waals surface area contributed by atoms with Crippen LogP contribution in [0.25, 0.3) is 0 Å². The summed E-state index contributed by atoms with van der Waals surface area (Å²) in [6.07, 6.45) is 2.01. The Labute approximate surface area is 178 Å². The molecule has 0 spiro atoms. The number of rotatable bonds is 7. The lowest BCUT2D eigenvalue weighted by Crippen LogP contribution is -2.39. The first-order chi connectivity index (χ1) is 14.6. The highest BCUT2D eigenvalue weighted by atomic mass is 16.5. The van der Waals surface area contributed by atoms with Gasteiger partial charge in [0.05, 0.1) is 7.11 Å². The van der Waals surface area contributed by atoms with E-state index in [1.165, 1.54) is 11.1 Å². The first kappa shape index (κ1) is 21.7. The molecule has 0 aliphatic carbocycles. The molecule has 1 fully saturated rings. The minimum absolute atomic E-state index is 0.0399. The third kappa shape index (κ3) is 5.99. The van der Waals surface area contributed by atoms with Gasteiger partial charge >= 0.3 is 0 Å². The largest absolute Gasteiger partial charge is 0.493 e. The SMILES string of the molecule is COc1ccccc1OCC(=O)N1CCCN(C(=O)CCc2ccc(C)cc2)CC1. The summed E-state index contributed by atoms with van der Waals surface area (Å²) < 4.78 is 10.9. The van der Waals surface area contributed by atoms with Gasteiger partial charge in [-0.3, -0.25) is 9.59 Å². The maximum Gasteiger partial charge on any atom is 0.260 e. The number of para-hydroxylation sites is 2. The summed E-state index contributed by atoms with van der Waals surface area (Å²) >= 11 is 0. The van der Waals surface area contributed by atoms with Crippen LogP contribution >= 0.6 is 0 Å². The van der Waals surface area contributed by atoms with Gasteiger partial charge in [-0.2, -0.15) is 0 Å². The number of carbonyl (C=O) groups excluding carboxylic acids is 2. The highest BCUT2D eigenvalue weighted by Crippen LogP contribution is 2.25. The van der Waals surface area contributed by atoms with Gasteiger partial charge in [0, 0.05) is 32.6 Å². The van der Waals surface area contributed by atoms with E-state index in [1.807, 2.05) is 17.0 Å². The van der Waals surface area contributed by atoms with Crippen molar-refractivity contribution in [1.82, 2.24) is 9.80 Å². The highest BCUT2D eigenvalue weighted by molar-refractivity contribution is 5.79. The summed E-state index contributed by atoms with van der Waals surface area (Å²) in [5.74, 6) is 1.23. The summed E-state index contributed by atoms with van der Waals surface area (Å²) in [5.41, 5.74) is 2.39. The molecule has 1 aliphatic heterocycles. The van der Waals surface area contributed by atoms with Crippen molar-refractivity contribution in [3.8, 4) is 11.5 Å². The van der Waals surface area contributed by atoms with Crippen molar-refractivity contribution in [2.75, 3.05) is 39.9 Å². The molecule has 2 amide bonds. The third-order valence-electron chi connectivity index (χ3n) is 5.37. The first-order valence-electron chi connectivity index (χ1n) is 10.4. The number of hydrogen-bond donors (Lipinski definition) is 0. The molecule has 1 heterocycles. The van der Waals surface area contributed by atoms with Gasteiger partial charge in [0.1, 0.15) is 0 Å². The second-order valence-corrected chi connectivity index (χ2v) is 7.54. The van der Waals surface area contributed by atoms with Crippen molar-refractivity contribution in [3.05, 3.63) is 59.7 Å². The van der Waals surface area contributed by atoms with Crippen molar-refractivity contribution >= 4 is 11.8 Å². The van der Waals surface area contributed by atoms with E-state index < -0.39 is 0 Å². The van der Waals surface area contributed by atoms with Crippen molar-refractivity contribution in [3.63, 3.8) is 0 Å². The average molecular weight is 411 g/mol. The zero-order valence-corrected chi connectivity index (χ0v) is 17.8. The van der Waals surface area contributed by atoms with Crippen LogP contribution in [0.15, 0.2) is 48.5 Å². The molecule has 0 unspecified atom stereocenters. The van der Waals surface area contributed by atoms with Crippen molar-refractivity contribution in [2.24, 2.45) is 0 Å². The molecule has 30 heavy (non-hydrogen) atoms. The molecule has 0 N–H and O–H groups in total. The molecule has 6 heteroatoms. The van der Waals surface area contributed by atoms with Crippen molar-refractivity contribution in [1.29, 1.82) is 0 Å². The molecule has 1 aliphatic rings. The Morgan fingerprint density at radius 2 is 1.50 bits per heavy atom. The van der Waals surface area contributed by atoms with Crippen molar-refractivity contribution < 1.29 is 19.1 Å². The van der Waals surface area contributed by atoms with Gasteiger partial charge in [0.2, 0.25) is 5.91 Å². The van der Waals surface area contributed by atoms with Crippen LogP contribution in [0.2, 0.25) is 0 Å². The molecule has 1 saturated heterocycles. The molecule has 3 rings (SSSR count). The zero-order chi connectivity index (χ0) is 21.3. The molecule has 0 saturated carbocycles. The molecule has 6 nitrogen and oxygen atoms in total. The van der Waals surface area contributed by atoms with Gasteiger partial charge in [0.25, 0.3) is 5.91 Å². The van der Waals surface area contributed by atoms with Crippen LogP contribution in [0.1, 0.15) is 24.0 Å². The quantitative estimate of drug-likeness (QED) is 0.704. The predicted octanol–water partition coefficient (Wildman–Crippen LogP) is 3.08. The number of amides is 2. The zero-order valence-electron chi connectivity index (χ0n) is 17.8. The molecule has 0 aromatic heterocycles. The van der Waals surface area contributed by atoms with Gasteiger partial charge in [-0.1, -0.05) is 42.0 Å².